The van der Waals surface area contributed by atoms with E-state index < -0.39 is 11.0 Å². The largest absolute Gasteiger partial charge is 0.327 e. The molecule has 6 nitrogen and oxygen atoms in total. The summed E-state index contributed by atoms with van der Waals surface area (Å²) in [5.74, 6) is 0. The Labute approximate surface area is 139 Å². The van der Waals surface area contributed by atoms with Gasteiger partial charge in [-0.25, -0.2) is 4.79 Å². The average molecular weight is 323 g/mol. The number of nitrogens with zero attached hydrogens (tertiary/aromatic N) is 2. The van der Waals surface area contributed by atoms with Crippen molar-refractivity contribution in [3.05, 3.63) is 82.0 Å². The highest BCUT2D eigenvalue weighted by Gasteiger charge is 2.28. The molecule has 0 aliphatic carbocycles. The summed E-state index contributed by atoms with van der Waals surface area (Å²) in [6.45, 7) is 2.44. The van der Waals surface area contributed by atoms with Gasteiger partial charge in [-0.3, -0.25) is 10.1 Å². The van der Waals surface area contributed by atoms with E-state index in [0.29, 0.717) is 12.1 Å². The Balaban J connectivity index is 2.09. The first-order valence-electron chi connectivity index (χ1n) is 7.68. The second kappa shape index (κ2) is 6.54. The van der Waals surface area contributed by atoms with E-state index in [1.54, 1.807) is 17.0 Å². The molecule has 1 N–H and O–H groups in total. The molecule has 2 aromatic carbocycles. The highest BCUT2D eigenvalue weighted by Crippen LogP contribution is 2.34. The van der Waals surface area contributed by atoms with Crippen LogP contribution in [0.4, 0.5) is 10.5 Å². The molecular formula is C18H17N3O3. The van der Waals surface area contributed by atoms with Crippen LogP contribution in [0.25, 0.3) is 5.57 Å². The maximum atomic E-state index is 12.2. The van der Waals surface area contributed by atoms with Gasteiger partial charge in [-0.05, 0) is 18.1 Å². The normalized spacial score (nSPS) is 17.2. The zero-order valence-corrected chi connectivity index (χ0v) is 13.2. The van der Waals surface area contributed by atoms with Gasteiger partial charge in [0.05, 0.1) is 11.0 Å². The molecule has 3 rings (SSSR count). The number of nitro benzene ring substituents is 1. The summed E-state index contributed by atoms with van der Waals surface area (Å²) in [4.78, 5) is 24.4. The monoisotopic (exact) mass is 323 g/mol. The molecule has 1 heterocycles. The first kappa shape index (κ1) is 15.7. The van der Waals surface area contributed by atoms with Crippen LogP contribution in [0.3, 0.4) is 0 Å². The standard InChI is InChI=1S/C18H17N3O3/c1-2-20-12-16(13-7-4-3-5-8-13)17(19-18(20)22)14-9-6-10-15(11-14)21(23)24/h3-12,17H,2H2,1H3,(H,19,22). The lowest BCUT2D eigenvalue weighted by Gasteiger charge is -2.32. The van der Waals surface area contributed by atoms with Gasteiger partial charge in [0.15, 0.2) is 0 Å². The Morgan fingerprint density at radius 2 is 1.92 bits per heavy atom. The van der Waals surface area contributed by atoms with E-state index in [1.165, 1.54) is 12.1 Å². The second-order valence-corrected chi connectivity index (χ2v) is 5.47. The number of urea groups is 1. The molecule has 122 valence electrons. The summed E-state index contributed by atoms with van der Waals surface area (Å²) >= 11 is 0. The third kappa shape index (κ3) is 2.99. The maximum Gasteiger partial charge on any atom is 0.322 e. The predicted molar refractivity (Wildman–Crippen MR) is 91.2 cm³/mol. The van der Waals surface area contributed by atoms with Crippen molar-refractivity contribution in [1.29, 1.82) is 0 Å². The number of nitro groups is 1. The highest BCUT2D eigenvalue weighted by atomic mass is 16.6. The smallest absolute Gasteiger partial charge is 0.322 e. The number of hydrogen-bond acceptors (Lipinski definition) is 3. The fraction of sp³-hybridized carbons (Fsp3) is 0.167. The van der Waals surface area contributed by atoms with Crippen LogP contribution in [0.1, 0.15) is 24.1 Å². The number of carbonyl (C=O) groups excluding carboxylic acids is 1. The third-order valence-electron chi connectivity index (χ3n) is 4.00. The zero-order valence-electron chi connectivity index (χ0n) is 13.2. The SMILES string of the molecule is CCN1C=C(c2ccccc2)C(c2cccc([N+](=O)[O-])c2)NC1=O. The van der Waals surface area contributed by atoms with Crippen molar-refractivity contribution in [3.8, 4) is 0 Å². The molecule has 1 unspecified atom stereocenters. The molecule has 0 saturated heterocycles. The fourth-order valence-corrected chi connectivity index (χ4v) is 2.77. The fourth-order valence-electron chi connectivity index (χ4n) is 2.77. The predicted octanol–water partition coefficient (Wildman–Crippen LogP) is 3.72. The molecule has 1 atom stereocenters. The first-order chi connectivity index (χ1) is 11.6. The minimum absolute atomic E-state index is 0.00656. The lowest BCUT2D eigenvalue weighted by Crippen LogP contribution is -2.43. The molecule has 24 heavy (non-hydrogen) atoms. The van der Waals surface area contributed by atoms with Crippen LogP contribution in [0, 0.1) is 10.1 Å². The van der Waals surface area contributed by atoms with Crippen molar-refractivity contribution in [2.24, 2.45) is 0 Å². The number of nitrogens with one attached hydrogen (secondary N) is 1. The van der Waals surface area contributed by atoms with E-state index >= 15 is 0 Å². The van der Waals surface area contributed by atoms with E-state index in [9.17, 15) is 14.9 Å². The summed E-state index contributed by atoms with van der Waals surface area (Å²) in [7, 11) is 0. The Bertz CT molecular complexity index is 802. The molecule has 1 aliphatic heterocycles. The number of amides is 2. The Morgan fingerprint density at radius 3 is 2.58 bits per heavy atom. The molecule has 2 amide bonds. The molecule has 1 aliphatic rings. The van der Waals surface area contributed by atoms with Gasteiger partial charge in [0.1, 0.15) is 0 Å². The number of benzene rings is 2. The molecular weight excluding hydrogens is 306 g/mol. The van der Waals surface area contributed by atoms with Crippen molar-refractivity contribution in [2.45, 2.75) is 13.0 Å². The quantitative estimate of drug-likeness (QED) is 0.688. The van der Waals surface area contributed by atoms with Gasteiger partial charge in [-0.2, -0.15) is 0 Å². The molecule has 0 aromatic heterocycles. The van der Waals surface area contributed by atoms with Gasteiger partial charge in [-0.15, -0.1) is 0 Å². The van der Waals surface area contributed by atoms with Gasteiger partial charge in [0.25, 0.3) is 5.69 Å². The number of non-ortho nitro benzene ring substituents is 1. The van der Waals surface area contributed by atoms with Crippen molar-refractivity contribution in [3.63, 3.8) is 0 Å². The van der Waals surface area contributed by atoms with Gasteiger partial charge in [0.2, 0.25) is 0 Å². The molecule has 0 saturated carbocycles. The number of rotatable bonds is 4. The Morgan fingerprint density at radius 1 is 1.17 bits per heavy atom. The second-order valence-electron chi connectivity index (χ2n) is 5.47. The van der Waals surface area contributed by atoms with E-state index in [2.05, 4.69) is 5.32 Å². The van der Waals surface area contributed by atoms with Crippen molar-refractivity contribution < 1.29 is 9.72 Å². The van der Waals surface area contributed by atoms with E-state index in [-0.39, 0.29) is 11.7 Å². The summed E-state index contributed by atoms with van der Waals surface area (Å²) in [5, 5.41) is 14.0. The van der Waals surface area contributed by atoms with Crippen LogP contribution < -0.4 is 5.32 Å². The average Bonchev–Trinajstić information content (AvgIpc) is 2.62. The number of hydrogen-bond donors (Lipinski definition) is 1. The summed E-state index contributed by atoms with van der Waals surface area (Å²) in [6.07, 6.45) is 1.82. The van der Waals surface area contributed by atoms with Crippen molar-refractivity contribution in [2.75, 3.05) is 6.54 Å². The topological polar surface area (TPSA) is 75.5 Å². The summed E-state index contributed by atoms with van der Waals surface area (Å²) in [5.41, 5.74) is 2.56. The van der Waals surface area contributed by atoms with Crippen molar-refractivity contribution in [1.82, 2.24) is 10.2 Å². The molecule has 2 aromatic rings. The third-order valence-corrected chi connectivity index (χ3v) is 4.00. The molecule has 0 radical (unpaired) electrons. The summed E-state index contributed by atoms with van der Waals surface area (Å²) < 4.78 is 0. The summed E-state index contributed by atoms with van der Waals surface area (Å²) in [6, 6.07) is 15.4. The van der Waals surface area contributed by atoms with Crippen LogP contribution in [0.15, 0.2) is 60.8 Å². The lowest BCUT2D eigenvalue weighted by atomic mass is 9.92. The zero-order chi connectivity index (χ0) is 17.1. The lowest BCUT2D eigenvalue weighted by molar-refractivity contribution is -0.384. The molecule has 0 spiro atoms. The van der Waals surface area contributed by atoms with E-state index in [0.717, 1.165) is 11.1 Å². The molecule has 0 bridgehead atoms. The van der Waals surface area contributed by atoms with Gasteiger partial charge >= 0.3 is 6.03 Å². The van der Waals surface area contributed by atoms with Crippen LogP contribution in [0.5, 0.6) is 0 Å². The van der Waals surface area contributed by atoms with Gasteiger partial charge in [-0.1, -0.05) is 42.5 Å². The van der Waals surface area contributed by atoms with Crippen LogP contribution >= 0.6 is 0 Å². The Hall–Kier alpha value is -3.15. The van der Waals surface area contributed by atoms with Crippen LogP contribution in [0.2, 0.25) is 0 Å². The minimum Gasteiger partial charge on any atom is -0.327 e. The highest BCUT2D eigenvalue weighted by molar-refractivity contribution is 5.86. The molecule has 0 fully saturated rings. The van der Waals surface area contributed by atoms with Crippen LogP contribution in [-0.4, -0.2) is 22.4 Å². The molecule has 6 heteroatoms. The van der Waals surface area contributed by atoms with Crippen molar-refractivity contribution >= 4 is 17.3 Å². The number of carbonyl (C=O) groups is 1. The van der Waals surface area contributed by atoms with Crippen LogP contribution in [-0.2, 0) is 0 Å². The van der Waals surface area contributed by atoms with E-state index in [1.807, 2.05) is 43.5 Å². The Kier molecular flexibility index (Phi) is 4.29. The maximum absolute atomic E-state index is 12.2. The first-order valence-corrected chi connectivity index (χ1v) is 7.68. The minimum atomic E-state index is -0.432. The van der Waals surface area contributed by atoms with Gasteiger partial charge < -0.3 is 10.2 Å². The van der Waals surface area contributed by atoms with E-state index in [4.69, 9.17) is 0 Å². The van der Waals surface area contributed by atoms with Gasteiger partial charge in [0, 0.05) is 30.5 Å².